The van der Waals surface area contributed by atoms with Crippen LogP contribution in [-0.4, -0.2) is 18.4 Å². The van der Waals surface area contributed by atoms with E-state index in [1.165, 1.54) is 11.3 Å². The van der Waals surface area contributed by atoms with Crippen LogP contribution < -0.4 is 5.73 Å². The molecule has 0 spiro atoms. The summed E-state index contributed by atoms with van der Waals surface area (Å²) in [5.41, 5.74) is 8.06. The molecule has 2 aromatic carbocycles. The van der Waals surface area contributed by atoms with E-state index in [0.29, 0.717) is 12.2 Å². The molecule has 0 fully saturated rings. The Kier molecular flexibility index (Phi) is 4.12. The van der Waals surface area contributed by atoms with Crippen LogP contribution in [0.5, 0.6) is 0 Å². The van der Waals surface area contributed by atoms with E-state index in [1.54, 1.807) is 13.0 Å². The summed E-state index contributed by atoms with van der Waals surface area (Å²) >= 11 is 1.49. The summed E-state index contributed by atoms with van der Waals surface area (Å²) in [4.78, 5) is 12.6. The Balaban J connectivity index is 2.01. The van der Waals surface area contributed by atoms with Crippen LogP contribution in [0.3, 0.4) is 0 Å². The average molecular weight is 324 g/mol. The zero-order valence-electron chi connectivity index (χ0n) is 12.6. The number of ether oxygens (including phenoxy) is 1. The fourth-order valence-corrected chi connectivity index (χ4v) is 3.35. The minimum absolute atomic E-state index is 0.0806. The van der Waals surface area contributed by atoms with Crippen LogP contribution in [0.25, 0.3) is 21.2 Å². The number of esters is 1. The molecule has 23 heavy (non-hydrogen) atoms. The van der Waals surface area contributed by atoms with Gasteiger partial charge in [0.05, 0.1) is 17.0 Å². The van der Waals surface area contributed by atoms with Gasteiger partial charge in [-0.25, -0.2) is 4.79 Å². The average Bonchev–Trinajstić information content (AvgIpc) is 2.98. The highest BCUT2D eigenvalue weighted by molar-refractivity contribution is 7.20. The maximum absolute atomic E-state index is 11.9. The van der Waals surface area contributed by atoms with Gasteiger partial charge in [0.15, 0.2) is 0 Å². The molecule has 0 radical (unpaired) electrons. The number of nitrogens with two attached hydrogens (primary N) is 1. The summed E-state index contributed by atoms with van der Waals surface area (Å²) < 4.78 is 6.11. The molecule has 4 nitrogen and oxygen atoms in total. The predicted molar refractivity (Wildman–Crippen MR) is 94.2 cm³/mol. The van der Waals surface area contributed by atoms with Gasteiger partial charge in [-0.05, 0) is 47.7 Å². The van der Waals surface area contributed by atoms with Crippen LogP contribution in [0.1, 0.15) is 22.2 Å². The van der Waals surface area contributed by atoms with Crippen molar-refractivity contribution in [2.45, 2.75) is 6.92 Å². The third-order valence-corrected chi connectivity index (χ3v) is 4.62. The molecule has 0 aliphatic heterocycles. The normalized spacial score (nSPS) is 10.7. The number of nitrogen functional groups attached to an aromatic ring is 1. The summed E-state index contributed by atoms with van der Waals surface area (Å²) in [7, 11) is 0. The highest BCUT2D eigenvalue weighted by Crippen LogP contribution is 2.30. The van der Waals surface area contributed by atoms with E-state index in [-0.39, 0.29) is 11.8 Å². The van der Waals surface area contributed by atoms with Gasteiger partial charge in [0.2, 0.25) is 0 Å². The quantitative estimate of drug-likeness (QED) is 0.432. The fraction of sp³-hybridized carbons (Fsp3) is 0.111. The Labute approximate surface area is 138 Å². The molecular formula is C18H16N2O2S. The van der Waals surface area contributed by atoms with Gasteiger partial charge >= 0.3 is 5.97 Å². The Morgan fingerprint density at radius 1 is 1.17 bits per heavy atom. The molecule has 0 atom stereocenters. The molecule has 3 N–H and O–H groups in total. The standard InChI is InChI=1S/C18H16N2O2S/c1-2-22-18(21)14-5-3-4-11(8-14)12-6-7-13-10-16(17(19)20)23-15(13)9-12/h3-10H,2H2,1H3,(H3,19,20). The number of carbonyl (C=O) groups is 1. The first-order valence-corrected chi connectivity index (χ1v) is 8.05. The Bertz CT molecular complexity index is 899. The van der Waals surface area contributed by atoms with Gasteiger partial charge in [0, 0.05) is 4.70 Å². The van der Waals surface area contributed by atoms with Crippen molar-refractivity contribution in [1.82, 2.24) is 0 Å². The Hall–Kier alpha value is -2.66. The molecule has 3 aromatic rings. The van der Waals surface area contributed by atoms with Crippen molar-refractivity contribution < 1.29 is 9.53 Å². The van der Waals surface area contributed by atoms with E-state index >= 15 is 0 Å². The second-order valence-electron chi connectivity index (χ2n) is 5.08. The van der Waals surface area contributed by atoms with E-state index in [2.05, 4.69) is 6.07 Å². The first kappa shape index (κ1) is 15.2. The molecule has 0 aliphatic rings. The van der Waals surface area contributed by atoms with E-state index in [0.717, 1.165) is 26.1 Å². The SMILES string of the molecule is CCOC(=O)c1cccc(-c2ccc3cc(C(=N)N)sc3c2)c1. The molecule has 1 aromatic heterocycles. The van der Waals surface area contributed by atoms with Crippen LogP contribution >= 0.6 is 11.3 Å². The number of benzene rings is 2. The summed E-state index contributed by atoms with van der Waals surface area (Å²) in [5.74, 6) is -0.234. The molecule has 0 saturated carbocycles. The van der Waals surface area contributed by atoms with Crippen LogP contribution in [-0.2, 0) is 4.74 Å². The molecule has 116 valence electrons. The van der Waals surface area contributed by atoms with Gasteiger partial charge in [0.1, 0.15) is 5.84 Å². The fourth-order valence-electron chi connectivity index (χ4n) is 2.38. The third-order valence-electron chi connectivity index (χ3n) is 3.49. The number of hydrogen-bond acceptors (Lipinski definition) is 4. The highest BCUT2D eigenvalue weighted by atomic mass is 32.1. The van der Waals surface area contributed by atoms with E-state index in [9.17, 15) is 4.79 Å². The van der Waals surface area contributed by atoms with Crippen LogP contribution in [0.4, 0.5) is 0 Å². The zero-order valence-corrected chi connectivity index (χ0v) is 13.4. The van der Waals surface area contributed by atoms with Crippen LogP contribution in [0.2, 0.25) is 0 Å². The minimum Gasteiger partial charge on any atom is -0.462 e. The lowest BCUT2D eigenvalue weighted by atomic mass is 10.0. The monoisotopic (exact) mass is 324 g/mol. The van der Waals surface area contributed by atoms with Gasteiger partial charge in [-0.15, -0.1) is 11.3 Å². The second kappa shape index (κ2) is 6.22. The van der Waals surface area contributed by atoms with Crippen LogP contribution in [0, 0.1) is 5.41 Å². The summed E-state index contributed by atoms with van der Waals surface area (Å²) in [6.45, 7) is 2.15. The van der Waals surface area contributed by atoms with Gasteiger partial charge in [-0.2, -0.15) is 0 Å². The predicted octanol–water partition coefficient (Wildman–Crippen LogP) is 4.03. The number of hydrogen-bond donors (Lipinski definition) is 2. The molecule has 0 unspecified atom stereocenters. The zero-order chi connectivity index (χ0) is 16.4. The summed E-state index contributed by atoms with van der Waals surface area (Å²) in [5, 5.41) is 8.60. The number of amidine groups is 1. The lowest BCUT2D eigenvalue weighted by Gasteiger charge is -2.05. The smallest absolute Gasteiger partial charge is 0.338 e. The van der Waals surface area contributed by atoms with Gasteiger partial charge < -0.3 is 10.5 Å². The summed E-state index contributed by atoms with van der Waals surface area (Å²) in [6.07, 6.45) is 0. The number of fused-ring (bicyclic) bond motifs is 1. The molecule has 0 saturated heterocycles. The number of carbonyl (C=O) groups excluding carboxylic acids is 1. The minimum atomic E-state index is -0.314. The van der Waals surface area contributed by atoms with Crippen molar-refractivity contribution in [3.63, 3.8) is 0 Å². The van der Waals surface area contributed by atoms with Gasteiger partial charge in [-0.1, -0.05) is 24.3 Å². The number of thiophene rings is 1. The van der Waals surface area contributed by atoms with Crippen molar-refractivity contribution >= 4 is 33.2 Å². The Morgan fingerprint density at radius 2 is 1.96 bits per heavy atom. The number of rotatable bonds is 4. The number of nitrogens with one attached hydrogen (secondary N) is 1. The lowest BCUT2D eigenvalue weighted by molar-refractivity contribution is 0.0526. The highest BCUT2D eigenvalue weighted by Gasteiger charge is 2.09. The molecule has 0 amide bonds. The topological polar surface area (TPSA) is 76.2 Å². The van der Waals surface area contributed by atoms with E-state index in [1.807, 2.05) is 36.4 Å². The Morgan fingerprint density at radius 3 is 2.70 bits per heavy atom. The summed E-state index contributed by atoms with van der Waals surface area (Å²) in [6, 6.07) is 15.4. The molecule has 0 aliphatic carbocycles. The molecule has 3 rings (SSSR count). The maximum atomic E-state index is 11.9. The van der Waals surface area contributed by atoms with Crippen molar-refractivity contribution in [2.75, 3.05) is 6.61 Å². The largest absolute Gasteiger partial charge is 0.462 e. The van der Waals surface area contributed by atoms with Crippen molar-refractivity contribution in [1.29, 1.82) is 5.41 Å². The van der Waals surface area contributed by atoms with E-state index < -0.39 is 0 Å². The lowest BCUT2D eigenvalue weighted by Crippen LogP contribution is -2.08. The van der Waals surface area contributed by atoms with Crippen LogP contribution in [0.15, 0.2) is 48.5 Å². The third kappa shape index (κ3) is 3.10. The van der Waals surface area contributed by atoms with E-state index in [4.69, 9.17) is 15.9 Å². The maximum Gasteiger partial charge on any atom is 0.338 e. The first-order chi connectivity index (χ1) is 11.1. The van der Waals surface area contributed by atoms with Crippen molar-refractivity contribution in [3.8, 4) is 11.1 Å². The van der Waals surface area contributed by atoms with Gasteiger partial charge in [-0.3, -0.25) is 5.41 Å². The second-order valence-corrected chi connectivity index (χ2v) is 6.16. The molecule has 0 bridgehead atoms. The first-order valence-electron chi connectivity index (χ1n) is 7.24. The van der Waals surface area contributed by atoms with Crippen molar-refractivity contribution in [3.05, 3.63) is 59.0 Å². The molecule has 1 heterocycles. The molecule has 5 heteroatoms. The van der Waals surface area contributed by atoms with Crippen molar-refractivity contribution in [2.24, 2.45) is 5.73 Å². The van der Waals surface area contributed by atoms with Gasteiger partial charge in [0.25, 0.3) is 0 Å². The molecular weight excluding hydrogens is 308 g/mol.